The molecule has 3 rings (SSSR count). The first-order valence-electron chi connectivity index (χ1n) is 9.17. The van der Waals surface area contributed by atoms with Gasteiger partial charge in [0.15, 0.2) is 0 Å². The van der Waals surface area contributed by atoms with Gasteiger partial charge in [0.05, 0.1) is 26.8 Å². The second-order valence-corrected chi connectivity index (χ2v) is 9.44. The number of hydrogen-bond donors (Lipinski definition) is 1. The first-order chi connectivity index (χ1) is 15.1. The summed E-state index contributed by atoms with van der Waals surface area (Å²) in [5.41, 5.74) is 0.370. The van der Waals surface area contributed by atoms with E-state index in [0.717, 1.165) is 4.31 Å². The van der Waals surface area contributed by atoms with Gasteiger partial charge in [-0.2, -0.15) is 0 Å². The molecule has 32 heavy (non-hydrogen) atoms. The molecule has 0 heterocycles. The average Bonchev–Trinajstić information content (AvgIpc) is 2.73. The molecule has 166 valence electrons. The molecule has 0 aliphatic rings. The Labute approximate surface area is 194 Å². The van der Waals surface area contributed by atoms with Crippen molar-refractivity contribution in [1.29, 1.82) is 0 Å². The molecule has 0 fully saturated rings. The van der Waals surface area contributed by atoms with Gasteiger partial charge in [-0.05, 0) is 43.3 Å². The third-order valence-corrected chi connectivity index (χ3v) is 6.75. The van der Waals surface area contributed by atoms with Crippen LogP contribution in [0.1, 0.15) is 5.56 Å². The van der Waals surface area contributed by atoms with Crippen molar-refractivity contribution in [3.8, 4) is 0 Å². The van der Waals surface area contributed by atoms with Crippen LogP contribution in [0.3, 0.4) is 0 Å². The molecule has 0 spiro atoms. The molecule has 0 atom stereocenters. The highest BCUT2D eigenvalue weighted by Crippen LogP contribution is 2.30. The van der Waals surface area contributed by atoms with Crippen molar-refractivity contribution in [2.45, 2.75) is 11.8 Å². The molecule has 0 aromatic heterocycles. The van der Waals surface area contributed by atoms with Gasteiger partial charge < -0.3 is 5.32 Å². The van der Waals surface area contributed by atoms with Crippen molar-refractivity contribution >= 4 is 56.2 Å². The van der Waals surface area contributed by atoms with Crippen LogP contribution in [0, 0.1) is 17.0 Å². The van der Waals surface area contributed by atoms with Crippen molar-refractivity contribution in [3.05, 3.63) is 92.5 Å². The monoisotopic (exact) mass is 493 g/mol. The number of nitrogens with zero attached hydrogens (tertiary/aromatic N) is 2. The zero-order valence-corrected chi connectivity index (χ0v) is 19.0. The summed E-state index contributed by atoms with van der Waals surface area (Å²) in [6, 6.07) is 16.0. The van der Waals surface area contributed by atoms with Crippen LogP contribution in [0.15, 0.2) is 71.6 Å². The van der Waals surface area contributed by atoms with Gasteiger partial charge in [0.1, 0.15) is 6.54 Å². The Kier molecular flexibility index (Phi) is 7.02. The number of sulfonamides is 1. The van der Waals surface area contributed by atoms with E-state index in [2.05, 4.69) is 5.32 Å². The van der Waals surface area contributed by atoms with Crippen LogP contribution in [0.4, 0.5) is 17.1 Å². The number of benzene rings is 3. The fourth-order valence-corrected chi connectivity index (χ4v) is 4.94. The molecule has 11 heteroatoms. The van der Waals surface area contributed by atoms with Gasteiger partial charge in [0.2, 0.25) is 5.91 Å². The van der Waals surface area contributed by atoms with Crippen LogP contribution in [-0.4, -0.2) is 25.8 Å². The first kappa shape index (κ1) is 23.5. The van der Waals surface area contributed by atoms with Crippen LogP contribution in [0.5, 0.6) is 0 Å². The van der Waals surface area contributed by atoms with E-state index < -0.39 is 27.4 Å². The predicted octanol–water partition coefficient (Wildman–Crippen LogP) is 5.04. The van der Waals surface area contributed by atoms with Crippen LogP contribution < -0.4 is 9.62 Å². The molecule has 0 aliphatic carbocycles. The van der Waals surface area contributed by atoms with E-state index in [1.54, 1.807) is 18.2 Å². The van der Waals surface area contributed by atoms with Crippen LogP contribution in [0.25, 0.3) is 0 Å². The predicted molar refractivity (Wildman–Crippen MR) is 124 cm³/mol. The zero-order chi connectivity index (χ0) is 23.5. The molecule has 0 radical (unpaired) electrons. The number of amides is 1. The van der Waals surface area contributed by atoms with Crippen LogP contribution >= 0.6 is 23.2 Å². The van der Waals surface area contributed by atoms with Gasteiger partial charge in [0, 0.05) is 16.1 Å². The lowest BCUT2D eigenvalue weighted by molar-refractivity contribution is -0.385. The molecule has 0 bridgehead atoms. The van der Waals surface area contributed by atoms with Gasteiger partial charge >= 0.3 is 0 Å². The second-order valence-electron chi connectivity index (χ2n) is 6.71. The third kappa shape index (κ3) is 5.18. The normalized spacial score (nSPS) is 11.1. The van der Waals surface area contributed by atoms with E-state index >= 15 is 0 Å². The molecular formula is C21H17Cl2N3O5S. The number of rotatable bonds is 7. The van der Waals surface area contributed by atoms with Gasteiger partial charge in [-0.1, -0.05) is 47.5 Å². The maximum atomic E-state index is 13.3. The summed E-state index contributed by atoms with van der Waals surface area (Å²) < 4.78 is 27.5. The molecule has 8 nitrogen and oxygen atoms in total. The number of carbonyl (C=O) groups is 1. The molecular weight excluding hydrogens is 477 g/mol. The SMILES string of the molecule is Cc1c(NC(=O)CN(c2cc(Cl)cc(Cl)c2)S(=O)(=O)c2ccccc2)cccc1[N+](=O)[O-]. The summed E-state index contributed by atoms with van der Waals surface area (Å²) >= 11 is 12.1. The lowest BCUT2D eigenvalue weighted by atomic mass is 10.1. The summed E-state index contributed by atoms with van der Waals surface area (Å²) in [5, 5.41) is 14.1. The number of anilines is 2. The topological polar surface area (TPSA) is 110 Å². The standard InChI is InChI=1S/C21H17Cl2N3O5S/c1-14-19(8-5-9-20(14)26(28)29)24-21(27)13-25(17-11-15(22)10-16(23)12-17)32(30,31)18-6-3-2-4-7-18/h2-12H,13H2,1H3,(H,24,27). The highest BCUT2D eigenvalue weighted by molar-refractivity contribution is 7.92. The second kappa shape index (κ2) is 9.56. The smallest absolute Gasteiger partial charge is 0.274 e. The van der Waals surface area contributed by atoms with Gasteiger partial charge in [-0.25, -0.2) is 8.42 Å². The number of hydrogen-bond acceptors (Lipinski definition) is 5. The van der Waals surface area contributed by atoms with Crippen molar-refractivity contribution in [2.75, 3.05) is 16.2 Å². The first-order valence-corrected chi connectivity index (χ1v) is 11.4. The Morgan fingerprint density at radius 3 is 2.25 bits per heavy atom. The van der Waals surface area contributed by atoms with E-state index in [9.17, 15) is 23.3 Å². The highest BCUT2D eigenvalue weighted by Gasteiger charge is 2.28. The minimum Gasteiger partial charge on any atom is -0.324 e. The molecule has 0 saturated carbocycles. The number of halogens is 2. The fraction of sp³-hybridized carbons (Fsp3) is 0.0952. The van der Waals surface area contributed by atoms with E-state index in [1.807, 2.05) is 0 Å². The summed E-state index contributed by atoms with van der Waals surface area (Å²) in [6.07, 6.45) is 0. The van der Waals surface area contributed by atoms with Crippen LogP contribution in [-0.2, 0) is 14.8 Å². The van der Waals surface area contributed by atoms with Gasteiger partial charge in [0.25, 0.3) is 15.7 Å². The molecule has 0 saturated heterocycles. The minimum absolute atomic E-state index is 0.0320. The maximum absolute atomic E-state index is 13.3. The lowest BCUT2D eigenvalue weighted by Crippen LogP contribution is -2.38. The Morgan fingerprint density at radius 1 is 1.03 bits per heavy atom. The van der Waals surface area contributed by atoms with Crippen molar-refractivity contribution in [2.24, 2.45) is 0 Å². The minimum atomic E-state index is -4.16. The van der Waals surface area contributed by atoms with Crippen molar-refractivity contribution < 1.29 is 18.1 Å². The lowest BCUT2D eigenvalue weighted by Gasteiger charge is -2.24. The number of carbonyl (C=O) groups excluding carboxylic acids is 1. The molecule has 3 aromatic rings. The molecule has 3 aromatic carbocycles. The van der Waals surface area contributed by atoms with E-state index in [0.29, 0.717) is 0 Å². The Hall–Kier alpha value is -3.14. The quantitative estimate of drug-likeness (QED) is 0.366. The molecule has 0 aliphatic heterocycles. The summed E-state index contributed by atoms with van der Waals surface area (Å²) in [4.78, 5) is 23.4. The molecule has 0 unspecified atom stereocenters. The number of nitrogens with one attached hydrogen (secondary N) is 1. The van der Waals surface area contributed by atoms with Crippen LogP contribution in [0.2, 0.25) is 10.0 Å². The largest absolute Gasteiger partial charge is 0.324 e. The van der Waals surface area contributed by atoms with Crippen molar-refractivity contribution in [1.82, 2.24) is 0 Å². The van der Waals surface area contributed by atoms with E-state index in [4.69, 9.17) is 23.2 Å². The fourth-order valence-electron chi connectivity index (χ4n) is 2.99. The third-order valence-electron chi connectivity index (χ3n) is 4.53. The molecule has 1 amide bonds. The Morgan fingerprint density at radius 2 is 1.66 bits per heavy atom. The average molecular weight is 494 g/mol. The molecule has 1 N–H and O–H groups in total. The highest BCUT2D eigenvalue weighted by atomic mass is 35.5. The number of nitro benzene ring substituents is 1. The maximum Gasteiger partial charge on any atom is 0.274 e. The van der Waals surface area contributed by atoms with Gasteiger partial charge in [-0.3, -0.25) is 19.2 Å². The summed E-state index contributed by atoms with van der Waals surface area (Å²) in [6.45, 7) is 0.874. The number of nitro groups is 1. The summed E-state index contributed by atoms with van der Waals surface area (Å²) in [5.74, 6) is -0.704. The summed E-state index contributed by atoms with van der Waals surface area (Å²) in [7, 11) is -4.16. The van der Waals surface area contributed by atoms with Crippen molar-refractivity contribution in [3.63, 3.8) is 0 Å². The Balaban J connectivity index is 1.99. The van der Waals surface area contributed by atoms with Gasteiger partial charge in [-0.15, -0.1) is 0 Å². The zero-order valence-electron chi connectivity index (χ0n) is 16.7. The van der Waals surface area contributed by atoms with E-state index in [-0.39, 0.29) is 37.6 Å². The Bertz CT molecular complexity index is 1260. The van der Waals surface area contributed by atoms with E-state index in [1.165, 1.54) is 55.5 Å².